The van der Waals surface area contributed by atoms with Crippen molar-refractivity contribution in [1.82, 2.24) is 9.62 Å². The zero-order valence-electron chi connectivity index (χ0n) is 14.5. The largest absolute Gasteiger partial charge is 0.493 e. The molecule has 8 heteroatoms. The lowest BCUT2D eigenvalue weighted by Gasteiger charge is -2.32. The molecule has 0 spiro atoms. The Hall–Kier alpha value is -1.80. The first-order valence-corrected chi connectivity index (χ1v) is 10.5. The summed E-state index contributed by atoms with van der Waals surface area (Å²) >= 11 is 0. The average Bonchev–Trinajstić information content (AvgIpc) is 2.60. The summed E-state index contributed by atoms with van der Waals surface area (Å²) in [7, 11) is -3.20. The zero-order valence-corrected chi connectivity index (χ0v) is 15.3. The van der Waals surface area contributed by atoms with E-state index >= 15 is 0 Å². The molecule has 0 aromatic heterocycles. The van der Waals surface area contributed by atoms with Gasteiger partial charge in [-0.15, -0.1) is 0 Å². The molecule has 1 fully saturated rings. The van der Waals surface area contributed by atoms with Crippen molar-refractivity contribution in [1.29, 1.82) is 0 Å². The highest BCUT2D eigenvalue weighted by Gasteiger charge is 2.29. The Kier molecular flexibility index (Phi) is 5.48. The van der Waals surface area contributed by atoms with E-state index in [1.54, 1.807) is 4.31 Å². The van der Waals surface area contributed by atoms with Gasteiger partial charge in [0.05, 0.1) is 25.4 Å². The highest BCUT2D eigenvalue weighted by Crippen LogP contribution is 2.31. The molecule has 2 aliphatic rings. The number of piperidine rings is 1. The fraction of sp³-hybridized carbons (Fsp3) is 0.588. The van der Waals surface area contributed by atoms with Crippen LogP contribution in [0, 0.1) is 0 Å². The van der Waals surface area contributed by atoms with Gasteiger partial charge in [-0.25, -0.2) is 8.42 Å². The first-order chi connectivity index (χ1) is 11.9. The summed E-state index contributed by atoms with van der Waals surface area (Å²) in [6.45, 7) is 1.59. The van der Waals surface area contributed by atoms with E-state index < -0.39 is 10.0 Å². The van der Waals surface area contributed by atoms with E-state index in [0.717, 1.165) is 37.0 Å². The minimum atomic E-state index is -3.20. The first-order valence-electron chi connectivity index (χ1n) is 8.70. The Morgan fingerprint density at radius 1 is 1.36 bits per heavy atom. The Labute approximate surface area is 149 Å². The number of benzene rings is 1. The van der Waals surface area contributed by atoms with Crippen LogP contribution in [0.15, 0.2) is 29.3 Å². The van der Waals surface area contributed by atoms with Crippen LogP contribution in [0.25, 0.3) is 0 Å². The average molecular weight is 366 g/mol. The monoisotopic (exact) mass is 366 g/mol. The summed E-state index contributed by atoms with van der Waals surface area (Å²) in [5.74, 6) is 1.22. The number of nitrogens with two attached hydrogens (primary N) is 1. The van der Waals surface area contributed by atoms with E-state index in [2.05, 4.69) is 10.3 Å². The van der Waals surface area contributed by atoms with E-state index in [9.17, 15) is 8.42 Å². The van der Waals surface area contributed by atoms with Crippen LogP contribution in [0.2, 0.25) is 0 Å². The molecule has 0 radical (unpaired) electrons. The molecule has 2 heterocycles. The highest BCUT2D eigenvalue weighted by atomic mass is 32.2. The smallest absolute Gasteiger partial charge is 0.211 e. The van der Waals surface area contributed by atoms with Crippen LogP contribution in [-0.4, -0.2) is 50.7 Å². The van der Waals surface area contributed by atoms with Crippen LogP contribution in [0.4, 0.5) is 0 Å². The number of para-hydroxylation sites is 1. The van der Waals surface area contributed by atoms with Crippen LogP contribution in [0.5, 0.6) is 5.75 Å². The Morgan fingerprint density at radius 3 is 2.96 bits per heavy atom. The SMILES string of the molecule is CS(=O)(=O)N1CCCCC1CN=C(N)NC1CCOc2ccccc21. The number of nitrogens with one attached hydrogen (secondary N) is 1. The van der Waals surface area contributed by atoms with E-state index in [0.29, 0.717) is 25.7 Å². The van der Waals surface area contributed by atoms with Gasteiger partial charge in [-0.2, -0.15) is 4.31 Å². The third kappa shape index (κ3) is 4.43. The van der Waals surface area contributed by atoms with E-state index in [-0.39, 0.29) is 12.1 Å². The quantitative estimate of drug-likeness (QED) is 0.617. The molecule has 138 valence electrons. The summed E-state index contributed by atoms with van der Waals surface area (Å²) in [5.41, 5.74) is 7.14. The molecular weight excluding hydrogens is 340 g/mol. The molecule has 0 aliphatic carbocycles. The number of hydrogen-bond acceptors (Lipinski definition) is 4. The van der Waals surface area contributed by atoms with Gasteiger partial charge >= 0.3 is 0 Å². The van der Waals surface area contributed by atoms with Crippen molar-refractivity contribution in [3.05, 3.63) is 29.8 Å². The molecule has 2 unspecified atom stereocenters. The Bertz CT molecular complexity index is 735. The third-order valence-corrected chi connectivity index (χ3v) is 6.08. The Morgan fingerprint density at radius 2 is 2.16 bits per heavy atom. The van der Waals surface area contributed by atoms with Crippen LogP contribution >= 0.6 is 0 Å². The summed E-state index contributed by atoms with van der Waals surface area (Å²) in [6.07, 6.45) is 4.82. The second-order valence-corrected chi connectivity index (χ2v) is 8.56. The van der Waals surface area contributed by atoms with Gasteiger partial charge < -0.3 is 15.8 Å². The molecule has 25 heavy (non-hydrogen) atoms. The lowest BCUT2D eigenvalue weighted by atomic mass is 10.0. The number of nitrogens with zero attached hydrogens (tertiary/aromatic N) is 2. The van der Waals surface area contributed by atoms with Crippen molar-refractivity contribution in [3.8, 4) is 5.75 Å². The van der Waals surface area contributed by atoms with Crippen molar-refractivity contribution >= 4 is 16.0 Å². The molecule has 3 rings (SSSR count). The first kappa shape index (κ1) is 18.0. The predicted molar refractivity (Wildman–Crippen MR) is 98.1 cm³/mol. The minimum absolute atomic E-state index is 0.0612. The standard InChI is InChI=1S/C17H26N4O3S/c1-25(22,23)21-10-5-4-6-13(21)12-19-17(18)20-15-9-11-24-16-8-3-2-7-14(15)16/h2-3,7-8,13,15H,4-6,9-12H2,1H3,(H3,18,19,20). The van der Waals surface area contributed by atoms with Crippen LogP contribution < -0.4 is 15.8 Å². The van der Waals surface area contributed by atoms with Gasteiger partial charge in [0.2, 0.25) is 10.0 Å². The van der Waals surface area contributed by atoms with Crippen molar-refractivity contribution in [2.75, 3.05) is 26.0 Å². The van der Waals surface area contributed by atoms with Crippen LogP contribution in [0.3, 0.4) is 0 Å². The van der Waals surface area contributed by atoms with Crippen LogP contribution in [0.1, 0.15) is 37.3 Å². The lowest BCUT2D eigenvalue weighted by Crippen LogP contribution is -2.45. The number of sulfonamides is 1. The van der Waals surface area contributed by atoms with Crippen molar-refractivity contribution in [2.45, 2.75) is 37.8 Å². The second-order valence-electron chi connectivity index (χ2n) is 6.62. The zero-order chi connectivity index (χ0) is 17.9. The van der Waals surface area contributed by atoms with Crippen molar-refractivity contribution in [2.24, 2.45) is 10.7 Å². The lowest BCUT2D eigenvalue weighted by molar-refractivity contribution is 0.257. The summed E-state index contributed by atoms with van der Waals surface area (Å²) < 4.78 is 31.0. The van der Waals surface area contributed by atoms with Crippen LogP contribution in [-0.2, 0) is 10.0 Å². The maximum absolute atomic E-state index is 11.9. The summed E-state index contributed by atoms with van der Waals surface area (Å²) in [4.78, 5) is 4.41. The van der Waals surface area contributed by atoms with Gasteiger partial charge in [0.15, 0.2) is 5.96 Å². The summed E-state index contributed by atoms with van der Waals surface area (Å²) in [6, 6.07) is 7.84. The fourth-order valence-corrected chi connectivity index (χ4v) is 4.69. The van der Waals surface area contributed by atoms with Gasteiger partial charge in [0.1, 0.15) is 5.75 Å². The minimum Gasteiger partial charge on any atom is -0.493 e. The number of ether oxygens (including phenoxy) is 1. The van der Waals surface area contributed by atoms with Gasteiger partial charge in [0.25, 0.3) is 0 Å². The van der Waals surface area contributed by atoms with E-state index in [4.69, 9.17) is 10.5 Å². The molecule has 7 nitrogen and oxygen atoms in total. The molecule has 2 atom stereocenters. The van der Waals surface area contributed by atoms with Crippen molar-refractivity contribution < 1.29 is 13.2 Å². The molecule has 2 aliphatic heterocycles. The van der Waals surface area contributed by atoms with Gasteiger partial charge in [0, 0.05) is 24.6 Å². The van der Waals surface area contributed by atoms with Gasteiger partial charge in [-0.05, 0) is 18.9 Å². The molecule has 0 amide bonds. The maximum atomic E-state index is 11.9. The number of hydrogen-bond donors (Lipinski definition) is 2. The topological polar surface area (TPSA) is 97.0 Å². The van der Waals surface area contributed by atoms with E-state index in [1.807, 2.05) is 24.3 Å². The van der Waals surface area contributed by atoms with Gasteiger partial charge in [-0.3, -0.25) is 4.99 Å². The number of aliphatic imine (C=N–C) groups is 1. The molecule has 0 bridgehead atoms. The molecular formula is C17H26N4O3S. The third-order valence-electron chi connectivity index (χ3n) is 4.75. The number of rotatable bonds is 4. The maximum Gasteiger partial charge on any atom is 0.211 e. The second kappa shape index (κ2) is 7.61. The number of guanidine groups is 1. The fourth-order valence-electron chi connectivity index (χ4n) is 3.51. The summed E-state index contributed by atoms with van der Waals surface area (Å²) in [5, 5.41) is 3.25. The molecule has 0 saturated carbocycles. The van der Waals surface area contributed by atoms with Gasteiger partial charge in [-0.1, -0.05) is 24.6 Å². The molecule has 3 N–H and O–H groups in total. The van der Waals surface area contributed by atoms with Crippen molar-refractivity contribution in [3.63, 3.8) is 0 Å². The molecule has 1 aromatic carbocycles. The Balaban J connectivity index is 1.64. The highest BCUT2D eigenvalue weighted by molar-refractivity contribution is 7.88. The normalized spacial score (nSPS) is 25.1. The predicted octanol–water partition coefficient (Wildman–Crippen LogP) is 1.23. The molecule has 1 aromatic rings. The number of fused-ring (bicyclic) bond motifs is 1. The molecule has 1 saturated heterocycles. The van der Waals surface area contributed by atoms with E-state index in [1.165, 1.54) is 6.26 Å².